The summed E-state index contributed by atoms with van der Waals surface area (Å²) in [5.41, 5.74) is 5.56. The van der Waals surface area contributed by atoms with Crippen LogP contribution in [0, 0.1) is 0 Å². The molecule has 1 rings (SSSR count). The Bertz CT molecular complexity index is 358. The molecule has 18 heavy (non-hydrogen) atoms. The predicted molar refractivity (Wildman–Crippen MR) is 71.8 cm³/mol. The topological polar surface area (TPSA) is 82.3 Å². The predicted octanol–water partition coefficient (Wildman–Crippen LogP) is 1.68. The van der Waals surface area contributed by atoms with Gasteiger partial charge in [0, 0.05) is 19.2 Å². The molecule has 0 radical (unpaired) electrons. The second-order valence-corrected chi connectivity index (χ2v) is 4.21. The van der Waals surface area contributed by atoms with Crippen LogP contribution in [0.3, 0.4) is 0 Å². The lowest BCUT2D eigenvalue weighted by Crippen LogP contribution is -2.09. The molecule has 1 heterocycles. The molecule has 1 aromatic rings. The minimum absolute atomic E-state index is 0.208. The first-order valence-electron chi connectivity index (χ1n) is 6.16. The fourth-order valence-corrected chi connectivity index (χ4v) is 1.40. The number of hydrogen-bond acceptors (Lipinski definition) is 6. The van der Waals surface area contributed by atoms with Gasteiger partial charge in [-0.1, -0.05) is 0 Å². The molecule has 0 unspecified atom stereocenters. The Morgan fingerprint density at radius 2 is 2.11 bits per heavy atom. The molecule has 102 valence electrons. The molecule has 0 aromatic carbocycles. The molecule has 0 aliphatic carbocycles. The molecule has 6 heteroatoms. The highest BCUT2D eigenvalue weighted by molar-refractivity contribution is 5.42. The van der Waals surface area contributed by atoms with E-state index in [1.54, 1.807) is 13.2 Å². The monoisotopic (exact) mass is 254 g/mol. The first-order chi connectivity index (χ1) is 8.61. The quantitative estimate of drug-likeness (QED) is 0.687. The first kappa shape index (κ1) is 14.5. The molecule has 0 aliphatic rings. The van der Waals surface area contributed by atoms with E-state index < -0.39 is 0 Å². The minimum atomic E-state index is 0.208. The van der Waals surface area contributed by atoms with Crippen LogP contribution in [0.5, 0.6) is 5.88 Å². The van der Waals surface area contributed by atoms with E-state index in [1.807, 2.05) is 13.8 Å². The molecule has 0 saturated heterocycles. The Morgan fingerprint density at radius 1 is 1.33 bits per heavy atom. The van der Waals surface area contributed by atoms with E-state index in [-0.39, 0.29) is 5.95 Å². The number of ether oxygens (including phenoxy) is 2. The molecule has 0 atom stereocenters. The zero-order valence-electron chi connectivity index (χ0n) is 11.3. The maximum atomic E-state index is 5.56. The van der Waals surface area contributed by atoms with Crippen LogP contribution in [0.25, 0.3) is 0 Å². The fraction of sp³-hybridized carbons (Fsp3) is 0.667. The van der Waals surface area contributed by atoms with Crippen molar-refractivity contribution >= 4 is 11.8 Å². The summed E-state index contributed by atoms with van der Waals surface area (Å²) in [6.45, 7) is 5.68. The molecule has 0 bridgehead atoms. The second-order valence-electron chi connectivity index (χ2n) is 4.21. The third-order valence-corrected chi connectivity index (χ3v) is 2.26. The summed E-state index contributed by atoms with van der Waals surface area (Å²) < 4.78 is 10.5. The van der Waals surface area contributed by atoms with Crippen molar-refractivity contribution in [2.24, 2.45) is 0 Å². The van der Waals surface area contributed by atoms with Crippen LogP contribution in [0.2, 0.25) is 0 Å². The highest BCUT2D eigenvalue weighted by atomic mass is 16.5. The van der Waals surface area contributed by atoms with E-state index in [0.29, 0.717) is 17.8 Å². The van der Waals surface area contributed by atoms with Crippen molar-refractivity contribution in [3.63, 3.8) is 0 Å². The lowest BCUT2D eigenvalue weighted by atomic mass is 10.3. The standard InChI is InChI=1S/C12H22N4O2/c1-9(2)18-7-5-4-6-14-10-8-11(17-3)16-12(13)15-10/h8-9H,4-7H2,1-3H3,(H3,13,14,15,16). The molecule has 0 fully saturated rings. The number of aromatic nitrogens is 2. The van der Waals surface area contributed by atoms with Gasteiger partial charge < -0.3 is 20.5 Å². The van der Waals surface area contributed by atoms with Crippen molar-refractivity contribution in [1.82, 2.24) is 9.97 Å². The van der Waals surface area contributed by atoms with Crippen LogP contribution in [0.1, 0.15) is 26.7 Å². The van der Waals surface area contributed by atoms with E-state index in [9.17, 15) is 0 Å². The van der Waals surface area contributed by atoms with E-state index >= 15 is 0 Å². The Hall–Kier alpha value is -1.56. The molecule has 0 saturated carbocycles. The van der Waals surface area contributed by atoms with Crippen LogP contribution in [-0.4, -0.2) is 36.3 Å². The SMILES string of the molecule is COc1cc(NCCCCOC(C)C)nc(N)n1. The van der Waals surface area contributed by atoms with Gasteiger partial charge in [-0.2, -0.15) is 9.97 Å². The van der Waals surface area contributed by atoms with Crippen molar-refractivity contribution in [3.05, 3.63) is 6.07 Å². The number of rotatable bonds is 8. The smallest absolute Gasteiger partial charge is 0.225 e. The van der Waals surface area contributed by atoms with Gasteiger partial charge >= 0.3 is 0 Å². The van der Waals surface area contributed by atoms with Gasteiger partial charge in [0.25, 0.3) is 0 Å². The van der Waals surface area contributed by atoms with Gasteiger partial charge in [-0.15, -0.1) is 0 Å². The van der Waals surface area contributed by atoms with Crippen LogP contribution in [-0.2, 0) is 4.74 Å². The molecule has 0 spiro atoms. The summed E-state index contributed by atoms with van der Waals surface area (Å²) in [6, 6.07) is 1.72. The van der Waals surface area contributed by atoms with Crippen molar-refractivity contribution in [1.29, 1.82) is 0 Å². The minimum Gasteiger partial charge on any atom is -0.481 e. The van der Waals surface area contributed by atoms with E-state index in [1.165, 1.54) is 0 Å². The molecule has 6 nitrogen and oxygen atoms in total. The highest BCUT2D eigenvalue weighted by Crippen LogP contribution is 2.13. The van der Waals surface area contributed by atoms with Crippen LogP contribution in [0.4, 0.5) is 11.8 Å². The Morgan fingerprint density at radius 3 is 2.78 bits per heavy atom. The highest BCUT2D eigenvalue weighted by Gasteiger charge is 2.01. The first-order valence-corrected chi connectivity index (χ1v) is 6.16. The lowest BCUT2D eigenvalue weighted by molar-refractivity contribution is 0.0765. The number of nitrogens with zero attached hydrogens (tertiary/aromatic N) is 2. The van der Waals surface area contributed by atoms with Crippen molar-refractivity contribution < 1.29 is 9.47 Å². The third-order valence-electron chi connectivity index (χ3n) is 2.26. The summed E-state index contributed by atoms with van der Waals surface area (Å²) >= 11 is 0. The van der Waals surface area contributed by atoms with Crippen LogP contribution in [0.15, 0.2) is 6.07 Å². The van der Waals surface area contributed by atoms with E-state index in [0.717, 1.165) is 26.0 Å². The molecule has 0 aliphatic heterocycles. The maximum Gasteiger partial charge on any atom is 0.225 e. The van der Waals surface area contributed by atoms with Crippen molar-refractivity contribution in [3.8, 4) is 5.88 Å². The summed E-state index contributed by atoms with van der Waals surface area (Å²) in [6.07, 6.45) is 2.32. The van der Waals surface area contributed by atoms with Crippen molar-refractivity contribution in [2.75, 3.05) is 31.3 Å². The number of unbranched alkanes of at least 4 members (excludes halogenated alkanes) is 1. The number of anilines is 2. The molecule has 3 N–H and O–H groups in total. The molecule has 1 aromatic heterocycles. The Kier molecular flexibility index (Phi) is 6.21. The number of nitrogen functional groups attached to an aromatic ring is 1. The summed E-state index contributed by atoms with van der Waals surface area (Å²) in [7, 11) is 1.55. The van der Waals surface area contributed by atoms with Gasteiger partial charge in [0.15, 0.2) is 0 Å². The zero-order valence-corrected chi connectivity index (χ0v) is 11.3. The van der Waals surface area contributed by atoms with Crippen LogP contribution >= 0.6 is 0 Å². The zero-order chi connectivity index (χ0) is 13.4. The fourth-order valence-electron chi connectivity index (χ4n) is 1.40. The number of methoxy groups -OCH3 is 1. The second kappa shape index (κ2) is 7.71. The van der Waals surface area contributed by atoms with Crippen molar-refractivity contribution in [2.45, 2.75) is 32.8 Å². The lowest BCUT2D eigenvalue weighted by Gasteiger charge is -2.09. The number of hydrogen-bond donors (Lipinski definition) is 2. The van der Waals surface area contributed by atoms with E-state index in [4.69, 9.17) is 15.2 Å². The van der Waals surface area contributed by atoms with Crippen LogP contribution < -0.4 is 15.8 Å². The molecular formula is C12H22N4O2. The average Bonchev–Trinajstić information content (AvgIpc) is 2.32. The maximum absolute atomic E-state index is 5.56. The van der Waals surface area contributed by atoms with Gasteiger partial charge in [-0.05, 0) is 26.7 Å². The normalized spacial score (nSPS) is 10.7. The van der Waals surface area contributed by atoms with Gasteiger partial charge in [0.1, 0.15) is 5.82 Å². The largest absolute Gasteiger partial charge is 0.481 e. The Balaban J connectivity index is 2.24. The summed E-state index contributed by atoms with van der Waals surface area (Å²) in [5.74, 6) is 1.36. The summed E-state index contributed by atoms with van der Waals surface area (Å²) in [5, 5.41) is 3.18. The molecule has 0 amide bonds. The third kappa shape index (κ3) is 5.67. The number of nitrogens with two attached hydrogens (primary N) is 1. The van der Waals surface area contributed by atoms with Gasteiger partial charge in [0.2, 0.25) is 11.8 Å². The van der Waals surface area contributed by atoms with Gasteiger partial charge in [0.05, 0.1) is 13.2 Å². The van der Waals surface area contributed by atoms with E-state index in [2.05, 4.69) is 15.3 Å². The summed E-state index contributed by atoms with van der Waals surface area (Å²) in [4.78, 5) is 7.99. The number of nitrogens with one attached hydrogen (secondary N) is 1. The van der Waals surface area contributed by atoms with Gasteiger partial charge in [-0.3, -0.25) is 0 Å². The van der Waals surface area contributed by atoms with Gasteiger partial charge in [-0.25, -0.2) is 0 Å². The Labute approximate surface area is 108 Å². The average molecular weight is 254 g/mol. The molecular weight excluding hydrogens is 232 g/mol.